The van der Waals surface area contributed by atoms with Crippen LogP contribution in [0, 0.1) is 5.82 Å². The van der Waals surface area contributed by atoms with Gasteiger partial charge in [0.05, 0.1) is 10.6 Å². The Labute approximate surface area is 104 Å². The Kier molecular flexibility index (Phi) is 3.07. The van der Waals surface area contributed by atoms with Gasteiger partial charge in [-0.3, -0.25) is 4.79 Å². The molecule has 0 aliphatic rings. The zero-order valence-electron chi connectivity index (χ0n) is 8.04. The summed E-state index contributed by atoms with van der Waals surface area (Å²) in [4.78, 5) is 12.6. The van der Waals surface area contributed by atoms with Gasteiger partial charge in [-0.15, -0.1) is 11.3 Å². The van der Waals surface area contributed by atoms with Crippen molar-refractivity contribution in [3.63, 3.8) is 0 Å². The highest BCUT2D eigenvalue weighted by Gasteiger charge is 2.14. The molecule has 0 saturated carbocycles. The average Bonchev–Trinajstić information content (AvgIpc) is 2.67. The number of nitrogen functional groups attached to an aromatic ring is 1. The molecular weight excluding hydrogens is 293 g/mol. The summed E-state index contributed by atoms with van der Waals surface area (Å²) in [5.74, 6) is -0.671. The van der Waals surface area contributed by atoms with E-state index in [0.29, 0.717) is 10.4 Å². The molecule has 0 bridgehead atoms. The number of nitrogens with two attached hydrogens (primary N) is 1. The molecule has 5 heteroatoms. The fourth-order valence-corrected chi connectivity index (χ4v) is 2.79. The first kappa shape index (κ1) is 11.3. The summed E-state index contributed by atoms with van der Waals surface area (Å²) in [6, 6.07) is 5.78. The lowest BCUT2D eigenvalue weighted by Gasteiger charge is -2.01. The molecule has 0 unspecified atom stereocenters. The largest absolute Gasteiger partial charge is 0.396 e. The molecule has 2 N–H and O–H groups in total. The summed E-state index contributed by atoms with van der Waals surface area (Å²) in [7, 11) is 0. The van der Waals surface area contributed by atoms with E-state index in [4.69, 9.17) is 5.73 Å². The first-order valence-corrected chi connectivity index (χ1v) is 6.09. The molecule has 2 aromatic rings. The zero-order chi connectivity index (χ0) is 11.7. The van der Waals surface area contributed by atoms with E-state index < -0.39 is 5.82 Å². The van der Waals surface area contributed by atoms with Crippen molar-refractivity contribution in [2.24, 2.45) is 0 Å². The molecule has 0 radical (unpaired) electrons. The van der Waals surface area contributed by atoms with E-state index in [1.54, 1.807) is 6.07 Å². The highest BCUT2D eigenvalue weighted by atomic mass is 79.9. The topological polar surface area (TPSA) is 43.1 Å². The van der Waals surface area contributed by atoms with Crippen molar-refractivity contribution in [1.29, 1.82) is 0 Å². The minimum absolute atomic E-state index is 0.0153. The molecule has 0 amide bonds. The number of thiophene rings is 1. The van der Waals surface area contributed by atoms with Crippen LogP contribution in [0.5, 0.6) is 0 Å². The van der Waals surface area contributed by atoms with Crippen molar-refractivity contribution >= 4 is 38.7 Å². The Hall–Kier alpha value is -1.20. The molecular formula is C11H7BrFNOS. The van der Waals surface area contributed by atoms with E-state index in [1.165, 1.54) is 29.5 Å². The minimum Gasteiger partial charge on any atom is -0.396 e. The quantitative estimate of drug-likeness (QED) is 0.682. The highest BCUT2D eigenvalue weighted by molar-refractivity contribution is 9.10. The lowest BCUT2D eigenvalue weighted by molar-refractivity contribution is 0.104. The van der Waals surface area contributed by atoms with E-state index in [2.05, 4.69) is 15.9 Å². The Morgan fingerprint density at radius 3 is 2.69 bits per heavy atom. The van der Waals surface area contributed by atoms with Gasteiger partial charge in [0, 0.05) is 10.0 Å². The van der Waals surface area contributed by atoms with Crippen LogP contribution in [-0.4, -0.2) is 5.78 Å². The lowest BCUT2D eigenvalue weighted by Crippen LogP contribution is -2.01. The van der Waals surface area contributed by atoms with Crippen LogP contribution in [0.15, 0.2) is 34.1 Å². The van der Waals surface area contributed by atoms with Gasteiger partial charge in [-0.2, -0.15) is 0 Å². The summed E-state index contributed by atoms with van der Waals surface area (Å²) < 4.78 is 13.7. The molecule has 1 heterocycles. The van der Waals surface area contributed by atoms with Gasteiger partial charge in [0.25, 0.3) is 0 Å². The minimum atomic E-state index is -0.512. The number of rotatable bonds is 2. The second-order valence-electron chi connectivity index (χ2n) is 3.16. The van der Waals surface area contributed by atoms with Gasteiger partial charge in [0.1, 0.15) is 5.82 Å². The molecule has 16 heavy (non-hydrogen) atoms. The summed E-state index contributed by atoms with van der Waals surface area (Å²) >= 11 is 4.61. The SMILES string of the molecule is Nc1cc(C(=O)c2sccc2Br)ccc1F. The second kappa shape index (κ2) is 4.35. The maximum absolute atomic E-state index is 12.9. The fourth-order valence-electron chi connectivity index (χ4n) is 1.27. The summed E-state index contributed by atoms with van der Waals surface area (Å²) in [5.41, 5.74) is 5.79. The van der Waals surface area contributed by atoms with Crippen molar-refractivity contribution in [3.8, 4) is 0 Å². The third kappa shape index (κ3) is 2.01. The molecule has 1 aromatic carbocycles. The van der Waals surface area contributed by atoms with Gasteiger partial charge in [0.2, 0.25) is 5.78 Å². The Bertz CT molecular complexity index is 553. The number of carbonyl (C=O) groups is 1. The lowest BCUT2D eigenvalue weighted by atomic mass is 10.1. The van der Waals surface area contributed by atoms with Crippen molar-refractivity contribution in [3.05, 3.63) is 50.4 Å². The van der Waals surface area contributed by atoms with Crippen LogP contribution in [0.4, 0.5) is 10.1 Å². The Balaban J connectivity index is 2.42. The summed E-state index contributed by atoms with van der Waals surface area (Å²) in [5, 5.41) is 1.81. The number of hydrogen-bond donors (Lipinski definition) is 1. The average molecular weight is 300 g/mol. The summed E-state index contributed by atoms with van der Waals surface area (Å²) in [6.45, 7) is 0. The van der Waals surface area contributed by atoms with E-state index in [1.807, 2.05) is 5.38 Å². The van der Waals surface area contributed by atoms with E-state index in [-0.39, 0.29) is 11.5 Å². The van der Waals surface area contributed by atoms with Gasteiger partial charge in [-0.05, 0) is 45.6 Å². The molecule has 0 atom stereocenters. The summed E-state index contributed by atoms with van der Waals surface area (Å²) in [6.07, 6.45) is 0. The third-order valence-corrected chi connectivity index (χ3v) is 3.92. The molecule has 0 saturated heterocycles. The Morgan fingerprint density at radius 2 is 2.12 bits per heavy atom. The van der Waals surface area contributed by atoms with E-state index in [0.717, 1.165) is 4.47 Å². The van der Waals surface area contributed by atoms with Crippen molar-refractivity contribution in [2.75, 3.05) is 5.73 Å². The number of ketones is 1. The van der Waals surface area contributed by atoms with Gasteiger partial charge in [-0.1, -0.05) is 0 Å². The van der Waals surface area contributed by atoms with Crippen LogP contribution in [0.1, 0.15) is 15.2 Å². The number of hydrogen-bond acceptors (Lipinski definition) is 3. The van der Waals surface area contributed by atoms with Crippen LogP contribution < -0.4 is 5.73 Å². The molecule has 1 aromatic heterocycles. The second-order valence-corrected chi connectivity index (χ2v) is 4.93. The first-order valence-electron chi connectivity index (χ1n) is 4.42. The van der Waals surface area contributed by atoms with Crippen LogP contribution in [0.2, 0.25) is 0 Å². The predicted octanol–water partition coefficient (Wildman–Crippen LogP) is 3.46. The van der Waals surface area contributed by atoms with Crippen LogP contribution in [0.25, 0.3) is 0 Å². The fraction of sp³-hybridized carbons (Fsp3) is 0. The predicted molar refractivity (Wildman–Crippen MR) is 66.3 cm³/mol. The van der Waals surface area contributed by atoms with Gasteiger partial charge in [-0.25, -0.2) is 4.39 Å². The molecule has 2 nitrogen and oxygen atoms in total. The molecule has 0 aliphatic heterocycles. The van der Waals surface area contributed by atoms with Crippen LogP contribution in [-0.2, 0) is 0 Å². The monoisotopic (exact) mass is 299 g/mol. The van der Waals surface area contributed by atoms with Crippen molar-refractivity contribution < 1.29 is 9.18 Å². The molecule has 0 spiro atoms. The highest BCUT2D eigenvalue weighted by Crippen LogP contribution is 2.26. The standard InChI is InChI=1S/C11H7BrFNOS/c12-7-3-4-16-11(7)10(15)6-1-2-8(13)9(14)5-6/h1-5H,14H2. The van der Waals surface area contributed by atoms with Crippen LogP contribution >= 0.6 is 27.3 Å². The maximum atomic E-state index is 12.9. The number of carbonyl (C=O) groups excluding carboxylic acids is 1. The zero-order valence-corrected chi connectivity index (χ0v) is 10.4. The molecule has 82 valence electrons. The number of anilines is 1. The third-order valence-electron chi connectivity index (χ3n) is 2.08. The molecule has 0 aliphatic carbocycles. The van der Waals surface area contributed by atoms with Gasteiger partial charge >= 0.3 is 0 Å². The van der Waals surface area contributed by atoms with E-state index in [9.17, 15) is 9.18 Å². The number of halogens is 2. The molecule has 0 fully saturated rings. The van der Waals surface area contributed by atoms with Crippen molar-refractivity contribution in [2.45, 2.75) is 0 Å². The van der Waals surface area contributed by atoms with Crippen molar-refractivity contribution in [1.82, 2.24) is 0 Å². The maximum Gasteiger partial charge on any atom is 0.204 e. The first-order chi connectivity index (χ1) is 7.59. The van der Waals surface area contributed by atoms with Crippen LogP contribution in [0.3, 0.4) is 0 Å². The van der Waals surface area contributed by atoms with E-state index >= 15 is 0 Å². The smallest absolute Gasteiger partial charge is 0.204 e. The number of benzene rings is 1. The normalized spacial score (nSPS) is 10.4. The Morgan fingerprint density at radius 1 is 1.38 bits per heavy atom. The van der Waals surface area contributed by atoms with Gasteiger partial charge in [0.15, 0.2) is 0 Å². The van der Waals surface area contributed by atoms with Gasteiger partial charge < -0.3 is 5.73 Å². The molecule has 2 rings (SSSR count).